The quantitative estimate of drug-likeness (QED) is 0.497. The van der Waals surface area contributed by atoms with E-state index in [-0.39, 0.29) is 18.6 Å². The molecule has 0 radical (unpaired) electrons. The Morgan fingerprint density at radius 2 is 1.86 bits per heavy atom. The minimum atomic E-state index is -0.746. The summed E-state index contributed by atoms with van der Waals surface area (Å²) in [6.07, 6.45) is 4.23. The van der Waals surface area contributed by atoms with Gasteiger partial charge in [0.15, 0.2) is 0 Å². The number of benzene rings is 2. The van der Waals surface area contributed by atoms with E-state index in [0.29, 0.717) is 25.1 Å². The summed E-state index contributed by atoms with van der Waals surface area (Å²) in [6, 6.07) is 17.4. The molecule has 8 nitrogen and oxygen atoms in total. The van der Waals surface area contributed by atoms with Crippen LogP contribution in [0.15, 0.2) is 60.8 Å². The number of hydrogen-bond donors (Lipinski definition) is 1. The lowest BCUT2D eigenvalue weighted by Crippen LogP contribution is -2.29. The van der Waals surface area contributed by atoms with Gasteiger partial charge >= 0.3 is 12.1 Å². The van der Waals surface area contributed by atoms with Gasteiger partial charge in [-0.2, -0.15) is 5.10 Å². The van der Waals surface area contributed by atoms with Crippen LogP contribution in [0.3, 0.4) is 0 Å². The van der Waals surface area contributed by atoms with Gasteiger partial charge in [-0.1, -0.05) is 42.5 Å². The van der Waals surface area contributed by atoms with Gasteiger partial charge in [-0.3, -0.25) is 9.48 Å². The molecular formula is C27H31N3O5. The van der Waals surface area contributed by atoms with E-state index in [1.165, 1.54) is 4.90 Å². The van der Waals surface area contributed by atoms with Gasteiger partial charge in [-0.15, -0.1) is 0 Å². The third kappa shape index (κ3) is 6.20. The van der Waals surface area contributed by atoms with E-state index in [1.807, 2.05) is 61.6 Å². The van der Waals surface area contributed by atoms with Crippen molar-refractivity contribution in [2.75, 3.05) is 7.05 Å². The standard InChI is InChI=1S/C27H31N3O5/c1-29(17-19-7-4-3-5-8-19)27(33)34-18-25-24(16-28-30(25)2)20-11-13-22(14-12-20)35-23-10-6-9-21(15-23)26(31)32/h3-5,7-8,11-14,16,21,23H,6,9-10,15,17-18H2,1-2H3,(H,31,32)/t21-,23-/m1/s1. The summed E-state index contributed by atoms with van der Waals surface area (Å²) in [5.74, 6) is -0.366. The molecule has 1 heterocycles. The average Bonchev–Trinajstić information content (AvgIpc) is 3.23. The highest BCUT2D eigenvalue weighted by molar-refractivity contribution is 5.70. The van der Waals surface area contributed by atoms with Crippen LogP contribution in [0.1, 0.15) is 36.9 Å². The van der Waals surface area contributed by atoms with Gasteiger partial charge in [-0.25, -0.2) is 4.79 Å². The smallest absolute Gasteiger partial charge is 0.410 e. The molecule has 0 spiro atoms. The molecule has 1 N–H and O–H groups in total. The molecule has 0 aliphatic heterocycles. The van der Waals surface area contributed by atoms with E-state index in [1.54, 1.807) is 17.9 Å². The summed E-state index contributed by atoms with van der Waals surface area (Å²) >= 11 is 0. The van der Waals surface area contributed by atoms with E-state index >= 15 is 0 Å². The maximum atomic E-state index is 12.5. The predicted octanol–water partition coefficient (Wildman–Crippen LogP) is 4.88. The summed E-state index contributed by atoms with van der Waals surface area (Å²) in [7, 11) is 3.53. The Bertz CT molecular complexity index is 1140. The molecular weight excluding hydrogens is 446 g/mol. The van der Waals surface area contributed by atoms with Crippen LogP contribution in [0.25, 0.3) is 11.1 Å². The molecule has 1 aromatic heterocycles. The highest BCUT2D eigenvalue weighted by atomic mass is 16.6. The largest absolute Gasteiger partial charge is 0.490 e. The van der Waals surface area contributed by atoms with Gasteiger partial charge in [0.2, 0.25) is 0 Å². The lowest BCUT2D eigenvalue weighted by Gasteiger charge is -2.27. The van der Waals surface area contributed by atoms with Crippen LogP contribution >= 0.6 is 0 Å². The van der Waals surface area contributed by atoms with E-state index in [4.69, 9.17) is 9.47 Å². The Kier molecular flexibility index (Phi) is 7.70. The van der Waals surface area contributed by atoms with Crippen molar-refractivity contribution in [1.82, 2.24) is 14.7 Å². The van der Waals surface area contributed by atoms with Crippen molar-refractivity contribution < 1.29 is 24.2 Å². The number of carboxylic acids is 1. The number of hydrogen-bond acceptors (Lipinski definition) is 5. The summed E-state index contributed by atoms with van der Waals surface area (Å²) < 4.78 is 13.3. The fraction of sp³-hybridized carbons (Fsp3) is 0.370. The average molecular weight is 478 g/mol. The summed E-state index contributed by atoms with van der Waals surface area (Å²) in [6.45, 7) is 0.564. The third-order valence-electron chi connectivity index (χ3n) is 6.41. The van der Waals surface area contributed by atoms with Crippen molar-refractivity contribution in [3.05, 3.63) is 72.1 Å². The number of aromatic nitrogens is 2. The topological polar surface area (TPSA) is 93.9 Å². The van der Waals surface area contributed by atoms with E-state index in [9.17, 15) is 14.7 Å². The molecule has 8 heteroatoms. The van der Waals surface area contributed by atoms with Crippen LogP contribution in [-0.4, -0.2) is 45.0 Å². The molecule has 2 aromatic carbocycles. The lowest BCUT2D eigenvalue weighted by molar-refractivity contribution is -0.143. The Balaban J connectivity index is 1.37. The number of carbonyl (C=O) groups is 2. The van der Waals surface area contributed by atoms with Crippen LogP contribution in [0.4, 0.5) is 4.79 Å². The summed E-state index contributed by atoms with van der Waals surface area (Å²) in [4.78, 5) is 25.4. The van der Waals surface area contributed by atoms with Crippen LogP contribution in [-0.2, 0) is 29.7 Å². The number of carboxylic acid groups (broad SMARTS) is 1. The molecule has 35 heavy (non-hydrogen) atoms. The van der Waals surface area contributed by atoms with Gasteiger partial charge in [0.1, 0.15) is 12.4 Å². The van der Waals surface area contributed by atoms with Crippen molar-refractivity contribution in [1.29, 1.82) is 0 Å². The van der Waals surface area contributed by atoms with E-state index in [2.05, 4.69) is 5.10 Å². The molecule has 1 aliphatic rings. The first-order valence-corrected chi connectivity index (χ1v) is 11.8. The molecule has 2 atom stereocenters. The number of nitrogens with zero attached hydrogens (tertiary/aromatic N) is 3. The number of ether oxygens (including phenoxy) is 2. The Morgan fingerprint density at radius 3 is 2.57 bits per heavy atom. The van der Waals surface area contributed by atoms with Crippen LogP contribution < -0.4 is 4.74 Å². The molecule has 0 unspecified atom stereocenters. The van der Waals surface area contributed by atoms with Crippen LogP contribution in [0, 0.1) is 5.92 Å². The number of aliphatic carboxylic acids is 1. The van der Waals surface area contributed by atoms with Crippen LogP contribution in [0.2, 0.25) is 0 Å². The van der Waals surface area contributed by atoms with E-state index < -0.39 is 12.1 Å². The van der Waals surface area contributed by atoms with Crippen molar-refractivity contribution >= 4 is 12.1 Å². The molecule has 1 aliphatic carbocycles. The molecule has 1 amide bonds. The highest BCUT2D eigenvalue weighted by Gasteiger charge is 2.28. The lowest BCUT2D eigenvalue weighted by atomic mass is 9.87. The Hall–Kier alpha value is -3.81. The Morgan fingerprint density at radius 1 is 1.11 bits per heavy atom. The molecule has 0 bridgehead atoms. The second kappa shape index (κ2) is 11.1. The first-order valence-electron chi connectivity index (χ1n) is 11.8. The molecule has 4 rings (SSSR count). The minimum Gasteiger partial charge on any atom is -0.490 e. The maximum absolute atomic E-state index is 12.5. The van der Waals surface area contributed by atoms with Crippen molar-refractivity contribution in [2.24, 2.45) is 13.0 Å². The maximum Gasteiger partial charge on any atom is 0.410 e. The van der Waals surface area contributed by atoms with Crippen molar-refractivity contribution in [3.63, 3.8) is 0 Å². The molecule has 1 fully saturated rings. The molecule has 0 saturated heterocycles. The zero-order chi connectivity index (χ0) is 24.8. The minimum absolute atomic E-state index is 0.0862. The fourth-order valence-corrected chi connectivity index (χ4v) is 4.42. The highest BCUT2D eigenvalue weighted by Crippen LogP contribution is 2.30. The van der Waals surface area contributed by atoms with Gasteiger partial charge in [0.25, 0.3) is 0 Å². The zero-order valence-electron chi connectivity index (χ0n) is 20.1. The van der Waals surface area contributed by atoms with Crippen molar-refractivity contribution in [2.45, 2.75) is 44.9 Å². The van der Waals surface area contributed by atoms with E-state index in [0.717, 1.165) is 35.2 Å². The molecule has 3 aromatic rings. The number of rotatable bonds is 8. The van der Waals surface area contributed by atoms with Gasteiger partial charge < -0.3 is 19.5 Å². The first-order chi connectivity index (χ1) is 16.9. The zero-order valence-corrected chi connectivity index (χ0v) is 20.1. The van der Waals surface area contributed by atoms with Crippen LogP contribution in [0.5, 0.6) is 5.75 Å². The summed E-state index contributed by atoms with van der Waals surface area (Å²) in [5, 5.41) is 13.6. The SMILES string of the molecule is CN(Cc1ccccc1)C(=O)OCc1c(-c2ccc(O[C@@H]3CCC[C@@H](C(=O)O)C3)cc2)cnn1C. The second-order valence-corrected chi connectivity index (χ2v) is 8.99. The normalized spacial score (nSPS) is 17.5. The monoisotopic (exact) mass is 477 g/mol. The fourth-order valence-electron chi connectivity index (χ4n) is 4.42. The van der Waals surface area contributed by atoms with Gasteiger partial charge in [0, 0.05) is 26.2 Å². The first kappa shape index (κ1) is 24.3. The predicted molar refractivity (Wildman–Crippen MR) is 131 cm³/mol. The third-order valence-corrected chi connectivity index (χ3v) is 6.41. The number of amides is 1. The summed E-state index contributed by atoms with van der Waals surface area (Å²) in [5.41, 5.74) is 3.63. The number of aryl methyl sites for hydroxylation is 1. The molecule has 1 saturated carbocycles. The van der Waals surface area contributed by atoms with Crippen molar-refractivity contribution in [3.8, 4) is 16.9 Å². The van der Waals surface area contributed by atoms with Gasteiger partial charge in [0.05, 0.1) is 23.9 Å². The number of carbonyl (C=O) groups excluding carboxylic acids is 1. The Labute approximate surface area is 205 Å². The van der Waals surface area contributed by atoms with Gasteiger partial charge in [-0.05, 0) is 48.9 Å². The second-order valence-electron chi connectivity index (χ2n) is 8.99. The molecule has 184 valence electrons.